The second kappa shape index (κ2) is 8.82. The number of nitrogens with one attached hydrogen (secondary N) is 2. The molecule has 0 saturated carbocycles. The summed E-state index contributed by atoms with van der Waals surface area (Å²) in [6, 6.07) is 14.5. The highest BCUT2D eigenvalue weighted by molar-refractivity contribution is 5.99. The van der Waals surface area contributed by atoms with E-state index in [2.05, 4.69) is 16.7 Å². The number of benzene rings is 2. The van der Waals surface area contributed by atoms with Gasteiger partial charge in [0.2, 0.25) is 0 Å². The predicted octanol–water partition coefficient (Wildman–Crippen LogP) is 3.90. The summed E-state index contributed by atoms with van der Waals surface area (Å²) < 4.78 is 0. The van der Waals surface area contributed by atoms with Crippen LogP contribution in [0.5, 0.6) is 0 Å². The van der Waals surface area contributed by atoms with Crippen LogP contribution in [0.1, 0.15) is 59.0 Å². The van der Waals surface area contributed by atoms with Gasteiger partial charge in [0.25, 0.3) is 5.91 Å². The van der Waals surface area contributed by atoms with Crippen molar-refractivity contribution >= 4 is 17.4 Å². The molecule has 5 nitrogen and oxygen atoms in total. The second-order valence-corrected chi connectivity index (χ2v) is 6.27. The molecule has 2 rings (SSSR count). The van der Waals surface area contributed by atoms with Gasteiger partial charge in [-0.25, -0.2) is 0 Å². The number of carbonyl (C=O) groups excluding carboxylic acids is 2. The first-order chi connectivity index (χ1) is 12.4. The van der Waals surface area contributed by atoms with Crippen LogP contribution in [0.4, 0.5) is 5.69 Å². The first-order valence-corrected chi connectivity index (χ1v) is 8.63. The normalized spacial score (nSPS) is 11.3. The Morgan fingerprint density at radius 3 is 2.62 bits per heavy atom. The third kappa shape index (κ3) is 4.93. The van der Waals surface area contributed by atoms with Crippen LogP contribution in [0, 0.1) is 11.3 Å². The maximum atomic E-state index is 12.3. The Kier molecular flexibility index (Phi) is 6.51. The Morgan fingerprint density at radius 2 is 1.96 bits per heavy atom. The molecule has 1 unspecified atom stereocenters. The van der Waals surface area contributed by atoms with Crippen LogP contribution in [0.2, 0.25) is 0 Å². The zero-order valence-electron chi connectivity index (χ0n) is 15.3. The van der Waals surface area contributed by atoms with Crippen LogP contribution < -0.4 is 10.6 Å². The molecule has 0 aliphatic carbocycles. The van der Waals surface area contributed by atoms with Gasteiger partial charge in [-0.15, -0.1) is 0 Å². The zero-order chi connectivity index (χ0) is 19.1. The fraction of sp³-hybridized carbons (Fsp3) is 0.286. The first kappa shape index (κ1) is 19.2. The number of hydrogen-bond donors (Lipinski definition) is 2. The number of hydrogen-bond acceptors (Lipinski definition) is 4. The highest BCUT2D eigenvalue weighted by Gasteiger charge is 2.11. The van der Waals surface area contributed by atoms with E-state index in [1.807, 2.05) is 32.0 Å². The van der Waals surface area contributed by atoms with Crippen molar-refractivity contribution < 1.29 is 9.59 Å². The van der Waals surface area contributed by atoms with Gasteiger partial charge in [-0.2, -0.15) is 5.26 Å². The highest BCUT2D eigenvalue weighted by Crippen LogP contribution is 2.19. The average molecular weight is 349 g/mol. The molecule has 0 fully saturated rings. The summed E-state index contributed by atoms with van der Waals surface area (Å²) in [5.74, 6) is -0.171. The van der Waals surface area contributed by atoms with Gasteiger partial charge >= 0.3 is 0 Å². The van der Waals surface area contributed by atoms with E-state index in [1.165, 1.54) is 6.92 Å². The van der Waals surface area contributed by atoms with Crippen molar-refractivity contribution in [3.63, 3.8) is 0 Å². The van der Waals surface area contributed by atoms with Crippen molar-refractivity contribution in [3.8, 4) is 6.07 Å². The molecule has 0 spiro atoms. The summed E-state index contributed by atoms with van der Waals surface area (Å²) in [6.07, 6.45) is 0.871. The Balaban J connectivity index is 2.16. The standard InChI is InChI=1S/C21H23N3O2/c1-4-14(2)24-21(26)18-7-5-6-17(10-18)13-23-20-11-16(12-22)8-9-19(20)15(3)25/h5-11,14,23H,4,13H2,1-3H3,(H,24,26). The molecule has 2 aromatic rings. The van der Waals surface area contributed by atoms with Crippen molar-refractivity contribution in [2.75, 3.05) is 5.32 Å². The molecule has 134 valence electrons. The largest absolute Gasteiger partial charge is 0.380 e. The van der Waals surface area contributed by atoms with Crippen LogP contribution in [0.15, 0.2) is 42.5 Å². The number of carbonyl (C=O) groups is 2. The lowest BCUT2D eigenvalue weighted by atomic mass is 10.1. The lowest BCUT2D eigenvalue weighted by Crippen LogP contribution is -2.31. The topological polar surface area (TPSA) is 82.0 Å². The minimum Gasteiger partial charge on any atom is -0.380 e. The molecule has 0 radical (unpaired) electrons. The molecule has 0 saturated heterocycles. The van der Waals surface area contributed by atoms with Crippen LogP contribution in [-0.2, 0) is 6.54 Å². The van der Waals surface area contributed by atoms with Crippen LogP contribution in [-0.4, -0.2) is 17.7 Å². The fourth-order valence-corrected chi connectivity index (χ4v) is 2.50. The van der Waals surface area contributed by atoms with E-state index >= 15 is 0 Å². The van der Waals surface area contributed by atoms with Gasteiger partial charge in [0.05, 0.1) is 11.6 Å². The number of rotatable bonds is 7. The number of anilines is 1. The number of ketones is 1. The summed E-state index contributed by atoms with van der Waals surface area (Å²) in [5, 5.41) is 15.2. The lowest BCUT2D eigenvalue weighted by molar-refractivity contribution is 0.0938. The SMILES string of the molecule is CCC(C)NC(=O)c1cccc(CNc2cc(C#N)ccc2C(C)=O)c1. The zero-order valence-corrected chi connectivity index (χ0v) is 15.3. The Hall–Kier alpha value is -3.13. The molecular weight excluding hydrogens is 326 g/mol. The average Bonchev–Trinajstić information content (AvgIpc) is 2.65. The first-order valence-electron chi connectivity index (χ1n) is 8.63. The molecule has 2 aromatic carbocycles. The Labute approximate surface area is 154 Å². The predicted molar refractivity (Wildman–Crippen MR) is 102 cm³/mol. The van der Waals surface area contributed by atoms with Crippen molar-refractivity contribution in [2.24, 2.45) is 0 Å². The third-order valence-corrected chi connectivity index (χ3v) is 4.19. The molecule has 26 heavy (non-hydrogen) atoms. The molecule has 0 aromatic heterocycles. The van der Waals surface area contributed by atoms with E-state index < -0.39 is 0 Å². The lowest BCUT2D eigenvalue weighted by Gasteiger charge is -2.13. The van der Waals surface area contributed by atoms with Crippen LogP contribution >= 0.6 is 0 Å². The molecule has 1 amide bonds. The number of amides is 1. The van der Waals surface area contributed by atoms with Crippen molar-refractivity contribution in [3.05, 3.63) is 64.7 Å². The molecular formula is C21H23N3O2. The van der Waals surface area contributed by atoms with Crippen molar-refractivity contribution in [1.82, 2.24) is 5.32 Å². The quantitative estimate of drug-likeness (QED) is 0.743. The minimum absolute atomic E-state index is 0.0707. The number of nitrogens with zero attached hydrogens (tertiary/aromatic N) is 1. The molecule has 0 bridgehead atoms. The van der Waals surface area contributed by atoms with Gasteiger partial charge in [0.1, 0.15) is 0 Å². The summed E-state index contributed by atoms with van der Waals surface area (Å²) in [5.41, 5.74) is 3.15. The van der Waals surface area contributed by atoms with Gasteiger partial charge in [-0.1, -0.05) is 19.1 Å². The molecule has 1 atom stereocenters. The Bertz CT molecular complexity index is 853. The van der Waals surface area contributed by atoms with Crippen molar-refractivity contribution in [2.45, 2.75) is 39.8 Å². The summed E-state index contributed by atoms with van der Waals surface area (Å²) >= 11 is 0. The van der Waals surface area contributed by atoms with Crippen LogP contribution in [0.25, 0.3) is 0 Å². The van der Waals surface area contributed by atoms with E-state index in [-0.39, 0.29) is 17.7 Å². The Morgan fingerprint density at radius 1 is 1.19 bits per heavy atom. The molecule has 5 heteroatoms. The molecule has 0 aliphatic heterocycles. The van der Waals surface area contributed by atoms with E-state index in [1.54, 1.807) is 24.3 Å². The smallest absolute Gasteiger partial charge is 0.251 e. The molecule has 0 aliphatic rings. The maximum Gasteiger partial charge on any atom is 0.251 e. The van der Waals surface area contributed by atoms with Crippen LogP contribution in [0.3, 0.4) is 0 Å². The summed E-state index contributed by atoms with van der Waals surface area (Å²) in [6.45, 7) is 5.92. The highest BCUT2D eigenvalue weighted by atomic mass is 16.1. The van der Waals surface area contributed by atoms with Gasteiger partial charge < -0.3 is 10.6 Å². The number of nitriles is 1. The number of Topliss-reactive ketones (excluding diaryl/α,β-unsaturated/α-hetero) is 1. The van der Waals surface area contributed by atoms with E-state index in [0.29, 0.717) is 28.9 Å². The minimum atomic E-state index is -0.0999. The second-order valence-electron chi connectivity index (χ2n) is 6.27. The fourth-order valence-electron chi connectivity index (χ4n) is 2.50. The molecule has 2 N–H and O–H groups in total. The monoisotopic (exact) mass is 349 g/mol. The van der Waals surface area contributed by atoms with Gasteiger partial charge in [0, 0.05) is 29.4 Å². The third-order valence-electron chi connectivity index (χ3n) is 4.19. The summed E-state index contributed by atoms with van der Waals surface area (Å²) in [4.78, 5) is 24.0. The van der Waals surface area contributed by atoms with E-state index in [4.69, 9.17) is 5.26 Å². The molecule has 0 heterocycles. The van der Waals surface area contributed by atoms with Gasteiger partial charge in [0.15, 0.2) is 5.78 Å². The van der Waals surface area contributed by atoms with E-state index in [0.717, 1.165) is 12.0 Å². The summed E-state index contributed by atoms with van der Waals surface area (Å²) in [7, 11) is 0. The maximum absolute atomic E-state index is 12.3. The van der Waals surface area contributed by atoms with Crippen molar-refractivity contribution in [1.29, 1.82) is 5.26 Å². The van der Waals surface area contributed by atoms with Gasteiger partial charge in [-0.05, 0) is 56.2 Å². The van der Waals surface area contributed by atoms with E-state index in [9.17, 15) is 9.59 Å². The van der Waals surface area contributed by atoms with Gasteiger partial charge in [-0.3, -0.25) is 9.59 Å².